The largest absolute Gasteiger partial charge is 0.494 e. The van der Waals surface area contributed by atoms with Crippen molar-refractivity contribution >= 4 is 23.4 Å². The number of nitrogens with zero attached hydrogens (tertiary/aromatic N) is 2. The highest BCUT2D eigenvalue weighted by molar-refractivity contribution is 7.99. The van der Waals surface area contributed by atoms with Gasteiger partial charge in [-0.15, -0.1) is 10.2 Å². The minimum absolute atomic E-state index is 0.0995. The van der Waals surface area contributed by atoms with E-state index in [9.17, 15) is 9.18 Å². The number of aromatic nitrogens is 2. The van der Waals surface area contributed by atoms with Crippen molar-refractivity contribution in [1.82, 2.24) is 10.2 Å². The summed E-state index contributed by atoms with van der Waals surface area (Å²) in [4.78, 5) is 11.9. The van der Waals surface area contributed by atoms with E-state index in [1.54, 1.807) is 0 Å². The van der Waals surface area contributed by atoms with E-state index in [0.29, 0.717) is 23.4 Å². The van der Waals surface area contributed by atoms with Crippen LogP contribution in [0.2, 0.25) is 0 Å². The molecule has 6 nitrogen and oxygen atoms in total. The van der Waals surface area contributed by atoms with Gasteiger partial charge in [-0.05, 0) is 55.5 Å². The molecule has 1 N–H and O–H groups in total. The fourth-order valence-corrected chi connectivity index (χ4v) is 2.67. The maximum absolute atomic E-state index is 12.8. The molecule has 0 unspecified atom stereocenters. The molecule has 0 spiro atoms. The van der Waals surface area contributed by atoms with Gasteiger partial charge >= 0.3 is 0 Å². The fraction of sp³-hybridized carbons (Fsp3) is 0.167. The number of thioether (sulfide) groups is 1. The number of ether oxygens (including phenoxy) is 1. The Morgan fingerprint density at radius 3 is 2.58 bits per heavy atom. The van der Waals surface area contributed by atoms with Gasteiger partial charge < -0.3 is 14.5 Å². The molecule has 1 amide bonds. The van der Waals surface area contributed by atoms with Crippen LogP contribution in [0.25, 0.3) is 11.5 Å². The third-order valence-corrected chi connectivity index (χ3v) is 4.09. The Kier molecular flexibility index (Phi) is 5.85. The highest BCUT2D eigenvalue weighted by Gasteiger charge is 2.11. The molecule has 8 heteroatoms. The van der Waals surface area contributed by atoms with E-state index in [-0.39, 0.29) is 17.5 Å². The van der Waals surface area contributed by atoms with E-state index in [4.69, 9.17) is 9.15 Å². The maximum atomic E-state index is 12.8. The van der Waals surface area contributed by atoms with E-state index in [1.807, 2.05) is 31.2 Å². The quantitative estimate of drug-likeness (QED) is 0.631. The molecule has 2 aromatic carbocycles. The van der Waals surface area contributed by atoms with Gasteiger partial charge in [-0.3, -0.25) is 4.79 Å². The molecule has 0 fully saturated rings. The molecule has 26 heavy (non-hydrogen) atoms. The summed E-state index contributed by atoms with van der Waals surface area (Å²) in [5.41, 5.74) is 1.29. The molecular formula is C18H16FN3O3S. The SMILES string of the molecule is CCOc1ccc(-c2nnc(SCC(=O)Nc3ccc(F)cc3)o2)cc1. The Bertz CT molecular complexity index is 866. The van der Waals surface area contributed by atoms with Crippen LogP contribution in [0.3, 0.4) is 0 Å². The second kappa shape index (κ2) is 8.48. The van der Waals surface area contributed by atoms with Crippen LogP contribution in [0, 0.1) is 5.82 Å². The first kappa shape index (κ1) is 17.9. The van der Waals surface area contributed by atoms with Gasteiger partial charge in [-0.2, -0.15) is 0 Å². The highest BCUT2D eigenvalue weighted by atomic mass is 32.2. The van der Waals surface area contributed by atoms with Crippen molar-refractivity contribution in [2.75, 3.05) is 17.7 Å². The molecule has 0 saturated heterocycles. The first-order valence-electron chi connectivity index (χ1n) is 7.89. The van der Waals surface area contributed by atoms with Crippen LogP contribution in [0.5, 0.6) is 5.75 Å². The summed E-state index contributed by atoms with van der Waals surface area (Å²) in [5.74, 6) is 0.632. The summed E-state index contributed by atoms with van der Waals surface area (Å²) in [6.45, 7) is 2.52. The average molecular weight is 373 g/mol. The van der Waals surface area contributed by atoms with Gasteiger partial charge in [0.05, 0.1) is 12.4 Å². The number of nitrogens with one attached hydrogen (secondary N) is 1. The zero-order valence-corrected chi connectivity index (χ0v) is 14.8. The van der Waals surface area contributed by atoms with E-state index in [2.05, 4.69) is 15.5 Å². The third-order valence-electron chi connectivity index (χ3n) is 3.27. The molecule has 0 aliphatic heterocycles. The summed E-state index contributed by atoms with van der Waals surface area (Å²) in [6, 6.07) is 12.9. The number of anilines is 1. The number of rotatable bonds is 7. The van der Waals surface area contributed by atoms with Crippen molar-refractivity contribution in [3.05, 3.63) is 54.3 Å². The van der Waals surface area contributed by atoms with E-state index in [0.717, 1.165) is 23.1 Å². The monoisotopic (exact) mass is 373 g/mol. The fourth-order valence-electron chi connectivity index (χ4n) is 2.10. The Hall–Kier alpha value is -2.87. The predicted molar refractivity (Wildman–Crippen MR) is 96.7 cm³/mol. The molecule has 0 bridgehead atoms. The average Bonchev–Trinajstić information content (AvgIpc) is 3.12. The summed E-state index contributed by atoms with van der Waals surface area (Å²) in [5, 5.41) is 10.9. The lowest BCUT2D eigenvalue weighted by Gasteiger charge is -2.03. The summed E-state index contributed by atoms with van der Waals surface area (Å²) in [6.07, 6.45) is 0. The van der Waals surface area contributed by atoms with Crippen LogP contribution in [0.1, 0.15) is 6.92 Å². The van der Waals surface area contributed by atoms with Gasteiger partial charge in [0.25, 0.3) is 5.22 Å². The van der Waals surface area contributed by atoms with E-state index >= 15 is 0 Å². The molecule has 0 radical (unpaired) electrons. The number of amides is 1. The number of hydrogen-bond acceptors (Lipinski definition) is 6. The molecular weight excluding hydrogens is 357 g/mol. The van der Waals surface area contributed by atoms with Crippen molar-refractivity contribution in [1.29, 1.82) is 0 Å². The van der Waals surface area contributed by atoms with Gasteiger partial charge in [-0.1, -0.05) is 11.8 Å². The maximum Gasteiger partial charge on any atom is 0.277 e. The van der Waals surface area contributed by atoms with Crippen LogP contribution in [-0.4, -0.2) is 28.5 Å². The van der Waals surface area contributed by atoms with Gasteiger partial charge in [0, 0.05) is 11.3 Å². The molecule has 1 aromatic heterocycles. The molecule has 3 rings (SSSR count). The Labute approximate surface area is 153 Å². The van der Waals surface area contributed by atoms with Crippen LogP contribution in [-0.2, 0) is 4.79 Å². The standard InChI is InChI=1S/C18H16FN3O3S/c1-2-24-15-9-3-12(4-10-15)17-21-22-18(25-17)26-11-16(23)20-14-7-5-13(19)6-8-14/h3-10H,2,11H2,1H3,(H,20,23). The minimum Gasteiger partial charge on any atom is -0.494 e. The molecule has 0 aliphatic rings. The van der Waals surface area contributed by atoms with Crippen molar-refractivity contribution in [3.8, 4) is 17.2 Å². The molecule has 1 heterocycles. The first-order valence-corrected chi connectivity index (χ1v) is 8.87. The number of carbonyl (C=O) groups is 1. The van der Waals surface area contributed by atoms with Crippen molar-refractivity contribution in [2.24, 2.45) is 0 Å². The lowest BCUT2D eigenvalue weighted by Crippen LogP contribution is -2.13. The third kappa shape index (κ3) is 4.82. The smallest absolute Gasteiger partial charge is 0.277 e. The van der Waals surface area contributed by atoms with Gasteiger partial charge in [-0.25, -0.2) is 4.39 Å². The van der Waals surface area contributed by atoms with Gasteiger partial charge in [0.1, 0.15) is 11.6 Å². The number of halogens is 1. The van der Waals surface area contributed by atoms with Crippen LogP contribution < -0.4 is 10.1 Å². The Morgan fingerprint density at radius 1 is 1.15 bits per heavy atom. The predicted octanol–water partition coefficient (Wildman–Crippen LogP) is 4.01. The summed E-state index contributed by atoms with van der Waals surface area (Å²) in [7, 11) is 0. The number of benzene rings is 2. The van der Waals surface area contributed by atoms with Gasteiger partial charge in [0.15, 0.2) is 0 Å². The second-order valence-corrected chi connectivity index (χ2v) is 6.10. The molecule has 0 aliphatic carbocycles. The number of carbonyl (C=O) groups excluding carboxylic acids is 1. The molecule has 134 valence electrons. The lowest BCUT2D eigenvalue weighted by molar-refractivity contribution is -0.113. The van der Waals surface area contributed by atoms with E-state index < -0.39 is 0 Å². The van der Waals surface area contributed by atoms with Crippen LogP contribution >= 0.6 is 11.8 Å². The minimum atomic E-state index is -0.356. The Balaban J connectivity index is 1.54. The van der Waals surface area contributed by atoms with Crippen LogP contribution in [0.4, 0.5) is 10.1 Å². The van der Waals surface area contributed by atoms with Gasteiger partial charge in [0.2, 0.25) is 11.8 Å². The first-order chi connectivity index (χ1) is 12.6. The van der Waals surface area contributed by atoms with E-state index in [1.165, 1.54) is 24.3 Å². The van der Waals surface area contributed by atoms with Crippen molar-refractivity contribution in [2.45, 2.75) is 12.1 Å². The topological polar surface area (TPSA) is 77.2 Å². The van der Waals surface area contributed by atoms with Crippen molar-refractivity contribution < 1.29 is 18.3 Å². The highest BCUT2D eigenvalue weighted by Crippen LogP contribution is 2.25. The summed E-state index contributed by atoms with van der Waals surface area (Å²) < 4.78 is 23.8. The second-order valence-electron chi connectivity index (χ2n) is 5.17. The van der Waals surface area contributed by atoms with Crippen molar-refractivity contribution in [3.63, 3.8) is 0 Å². The van der Waals surface area contributed by atoms with Crippen LogP contribution in [0.15, 0.2) is 58.2 Å². The molecule has 0 atom stereocenters. The molecule has 0 saturated carbocycles. The summed E-state index contributed by atoms with van der Waals surface area (Å²) >= 11 is 1.13. The normalized spacial score (nSPS) is 10.5. The zero-order chi connectivity index (χ0) is 18.4. The lowest BCUT2D eigenvalue weighted by atomic mass is 10.2. The number of hydrogen-bond donors (Lipinski definition) is 1. The zero-order valence-electron chi connectivity index (χ0n) is 13.9. The Morgan fingerprint density at radius 2 is 1.88 bits per heavy atom. The molecule has 3 aromatic rings.